The van der Waals surface area contributed by atoms with Gasteiger partial charge in [-0.1, -0.05) is 108 Å². The van der Waals surface area contributed by atoms with E-state index >= 15 is 0 Å². The summed E-state index contributed by atoms with van der Waals surface area (Å²) in [6.45, 7) is 23.7. The third kappa shape index (κ3) is 6.02. The van der Waals surface area contributed by atoms with Crippen LogP contribution < -0.4 is 0 Å². The van der Waals surface area contributed by atoms with Crippen molar-refractivity contribution in [2.45, 2.75) is 103 Å². The lowest BCUT2D eigenvalue weighted by Crippen LogP contribution is -2.48. The standard InChI is InChI=1S/C33H48O3Si2/c1-32(2,3)37(7,8)34-23-31-30(36-38(9,10)33(4,5)6)22-29(35-31)28-21-15-19-26-25(18-14-20-27(26)28)24-16-12-11-13-17-24/h11-21,29-31H,22-23H2,1-10H3/t29-,30+,31-/m1/s1. The highest BCUT2D eigenvalue weighted by Crippen LogP contribution is 2.45. The molecule has 0 spiro atoms. The second-order valence-corrected chi connectivity index (χ2v) is 23.6. The van der Waals surface area contributed by atoms with Crippen molar-refractivity contribution >= 4 is 27.4 Å². The minimum absolute atomic E-state index is 0.0208. The van der Waals surface area contributed by atoms with Gasteiger partial charge in [0.25, 0.3) is 0 Å². The van der Waals surface area contributed by atoms with Gasteiger partial charge in [-0.15, -0.1) is 0 Å². The number of hydrogen-bond acceptors (Lipinski definition) is 3. The molecule has 3 atom stereocenters. The maximum atomic E-state index is 7.03. The van der Waals surface area contributed by atoms with Crippen LogP contribution in [0.25, 0.3) is 21.9 Å². The van der Waals surface area contributed by atoms with E-state index in [1.807, 2.05) is 0 Å². The van der Waals surface area contributed by atoms with E-state index in [2.05, 4.69) is 134 Å². The molecule has 0 aromatic heterocycles. The third-order valence-electron chi connectivity index (χ3n) is 9.25. The van der Waals surface area contributed by atoms with E-state index in [1.165, 1.54) is 27.5 Å². The molecule has 1 aliphatic heterocycles. The molecule has 0 amide bonds. The Bertz CT molecular complexity index is 1240. The van der Waals surface area contributed by atoms with Gasteiger partial charge in [0.05, 0.1) is 18.8 Å². The summed E-state index contributed by atoms with van der Waals surface area (Å²) in [6.07, 6.45) is 0.786. The fraction of sp³-hybridized carbons (Fsp3) is 0.515. The molecule has 0 bridgehead atoms. The molecule has 3 aromatic carbocycles. The quantitative estimate of drug-likeness (QED) is 0.275. The minimum Gasteiger partial charge on any atom is -0.414 e. The Hall–Kier alpha value is -1.77. The van der Waals surface area contributed by atoms with Crippen molar-refractivity contribution in [3.05, 3.63) is 72.3 Å². The predicted octanol–water partition coefficient (Wildman–Crippen LogP) is 9.75. The average Bonchev–Trinajstić information content (AvgIpc) is 3.23. The van der Waals surface area contributed by atoms with Gasteiger partial charge in [0.2, 0.25) is 0 Å². The molecular weight excluding hydrogens is 501 g/mol. The van der Waals surface area contributed by atoms with E-state index < -0.39 is 16.6 Å². The van der Waals surface area contributed by atoms with Gasteiger partial charge in [0.15, 0.2) is 16.6 Å². The highest BCUT2D eigenvalue weighted by atomic mass is 28.4. The topological polar surface area (TPSA) is 27.7 Å². The first kappa shape index (κ1) is 29.2. The molecule has 0 saturated carbocycles. The summed E-state index contributed by atoms with van der Waals surface area (Å²) < 4.78 is 20.6. The Morgan fingerprint density at radius 1 is 0.737 bits per heavy atom. The van der Waals surface area contributed by atoms with E-state index in [-0.39, 0.29) is 28.4 Å². The Kier molecular flexibility index (Phi) is 8.20. The van der Waals surface area contributed by atoms with Crippen LogP contribution in [0.5, 0.6) is 0 Å². The van der Waals surface area contributed by atoms with Crippen LogP contribution in [-0.4, -0.2) is 35.4 Å². The first-order valence-corrected chi connectivity index (χ1v) is 20.0. The molecular formula is C33H48O3Si2. The van der Waals surface area contributed by atoms with Gasteiger partial charge < -0.3 is 13.6 Å². The van der Waals surface area contributed by atoms with Gasteiger partial charge in [-0.2, -0.15) is 0 Å². The third-order valence-corrected chi connectivity index (χ3v) is 18.3. The van der Waals surface area contributed by atoms with Crippen LogP contribution in [0, 0.1) is 0 Å². The van der Waals surface area contributed by atoms with Crippen molar-refractivity contribution in [1.82, 2.24) is 0 Å². The number of rotatable bonds is 7. The molecule has 0 aliphatic carbocycles. The molecule has 1 aliphatic rings. The summed E-state index contributed by atoms with van der Waals surface area (Å²) in [5, 5.41) is 2.82. The molecule has 5 heteroatoms. The zero-order chi connectivity index (χ0) is 27.9. The van der Waals surface area contributed by atoms with Crippen molar-refractivity contribution in [2.24, 2.45) is 0 Å². The van der Waals surface area contributed by atoms with Gasteiger partial charge in [0, 0.05) is 6.42 Å². The van der Waals surface area contributed by atoms with Gasteiger partial charge >= 0.3 is 0 Å². The first-order chi connectivity index (χ1) is 17.6. The zero-order valence-electron chi connectivity index (χ0n) is 25.2. The first-order valence-electron chi connectivity index (χ1n) is 14.1. The molecule has 38 heavy (non-hydrogen) atoms. The normalized spacial score (nSPS) is 21.3. The van der Waals surface area contributed by atoms with E-state index in [9.17, 15) is 0 Å². The summed E-state index contributed by atoms with van der Waals surface area (Å²) in [5.74, 6) is 0. The summed E-state index contributed by atoms with van der Waals surface area (Å²) in [6, 6.07) is 23.9. The lowest BCUT2D eigenvalue weighted by molar-refractivity contribution is -0.0160. The second-order valence-electron chi connectivity index (χ2n) is 14.0. The highest BCUT2D eigenvalue weighted by Gasteiger charge is 2.46. The average molecular weight is 549 g/mol. The highest BCUT2D eigenvalue weighted by molar-refractivity contribution is 6.74. The Morgan fingerprint density at radius 3 is 1.97 bits per heavy atom. The smallest absolute Gasteiger partial charge is 0.192 e. The fourth-order valence-electron chi connectivity index (χ4n) is 4.73. The molecule has 1 fully saturated rings. The second kappa shape index (κ2) is 10.7. The molecule has 3 nitrogen and oxygen atoms in total. The molecule has 1 saturated heterocycles. The van der Waals surface area contributed by atoms with Crippen LogP contribution in [-0.2, 0) is 13.6 Å². The Morgan fingerprint density at radius 2 is 1.34 bits per heavy atom. The van der Waals surface area contributed by atoms with Gasteiger partial charge in [-0.3, -0.25) is 0 Å². The predicted molar refractivity (Wildman–Crippen MR) is 167 cm³/mol. The number of benzene rings is 3. The summed E-state index contributed by atoms with van der Waals surface area (Å²) >= 11 is 0. The zero-order valence-corrected chi connectivity index (χ0v) is 27.2. The molecule has 0 unspecified atom stereocenters. The Balaban J connectivity index is 1.68. The van der Waals surface area contributed by atoms with E-state index in [0.29, 0.717) is 6.61 Å². The minimum atomic E-state index is -1.98. The van der Waals surface area contributed by atoms with Crippen molar-refractivity contribution in [2.75, 3.05) is 6.61 Å². The molecule has 4 rings (SSSR count). The molecule has 206 valence electrons. The monoisotopic (exact) mass is 548 g/mol. The largest absolute Gasteiger partial charge is 0.414 e. The lowest BCUT2D eigenvalue weighted by Gasteiger charge is -2.40. The molecule has 1 heterocycles. The maximum absolute atomic E-state index is 7.03. The van der Waals surface area contributed by atoms with Gasteiger partial charge in [0.1, 0.15) is 6.10 Å². The van der Waals surface area contributed by atoms with Crippen molar-refractivity contribution in [3.63, 3.8) is 0 Å². The van der Waals surface area contributed by atoms with Crippen LogP contribution in [0.2, 0.25) is 36.3 Å². The van der Waals surface area contributed by atoms with Crippen LogP contribution >= 0.6 is 0 Å². The summed E-state index contributed by atoms with van der Waals surface area (Å²) in [7, 11) is -3.90. The van der Waals surface area contributed by atoms with Crippen molar-refractivity contribution in [3.8, 4) is 11.1 Å². The van der Waals surface area contributed by atoms with Crippen molar-refractivity contribution < 1.29 is 13.6 Å². The SMILES string of the molecule is CC(C)(C)[Si](C)(C)OC[C@H]1O[C@@H](c2cccc3c(-c4ccccc4)cccc23)C[C@@H]1O[Si](C)(C)C(C)(C)C. The van der Waals surface area contributed by atoms with Gasteiger partial charge in [-0.25, -0.2) is 0 Å². The summed E-state index contributed by atoms with van der Waals surface area (Å²) in [4.78, 5) is 0. The summed E-state index contributed by atoms with van der Waals surface area (Å²) in [5.41, 5.74) is 3.75. The van der Waals surface area contributed by atoms with Crippen LogP contribution in [0.15, 0.2) is 66.7 Å². The van der Waals surface area contributed by atoms with Crippen LogP contribution in [0.3, 0.4) is 0 Å². The number of hydrogen-bond donors (Lipinski definition) is 0. The number of ether oxygens (including phenoxy) is 1. The van der Waals surface area contributed by atoms with E-state index in [4.69, 9.17) is 13.6 Å². The van der Waals surface area contributed by atoms with E-state index in [1.54, 1.807) is 0 Å². The lowest BCUT2D eigenvalue weighted by atomic mass is 9.93. The van der Waals surface area contributed by atoms with Crippen LogP contribution in [0.1, 0.15) is 59.6 Å². The van der Waals surface area contributed by atoms with Crippen LogP contribution in [0.4, 0.5) is 0 Å². The maximum Gasteiger partial charge on any atom is 0.192 e. The van der Waals surface area contributed by atoms with E-state index in [0.717, 1.165) is 6.42 Å². The molecule has 3 aromatic rings. The van der Waals surface area contributed by atoms with Gasteiger partial charge in [-0.05, 0) is 63.7 Å². The Labute approximate surface area is 233 Å². The number of fused-ring (bicyclic) bond motifs is 1. The molecule has 0 radical (unpaired) electrons. The van der Waals surface area contributed by atoms with Crippen molar-refractivity contribution in [1.29, 1.82) is 0 Å². The molecule has 0 N–H and O–H groups in total. The fourth-order valence-corrected chi connectivity index (χ4v) is 7.11.